The lowest BCUT2D eigenvalue weighted by Crippen LogP contribution is -2.00. The molecule has 0 atom stereocenters. The Kier molecular flexibility index (Phi) is 3.70. The molecule has 1 rings (SSSR count). The van der Waals surface area contributed by atoms with Crippen LogP contribution in [0.3, 0.4) is 0 Å². The highest BCUT2D eigenvalue weighted by atomic mass is 127. The van der Waals surface area contributed by atoms with Gasteiger partial charge in [0.2, 0.25) is 0 Å². The average molecular weight is 329 g/mol. The van der Waals surface area contributed by atoms with Gasteiger partial charge in [-0.15, -0.1) is 0 Å². The molecule has 13 heavy (non-hydrogen) atoms. The lowest BCUT2D eigenvalue weighted by atomic mass is 10.1. The van der Waals surface area contributed by atoms with E-state index in [0.717, 1.165) is 3.57 Å². The molecule has 0 fully saturated rings. The number of benzene rings is 1. The first-order valence-corrected chi connectivity index (χ1v) is 5.05. The predicted molar refractivity (Wildman–Crippen MR) is 59.5 cm³/mol. The first-order valence-electron chi connectivity index (χ1n) is 3.21. The summed E-state index contributed by atoms with van der Waals surface area (Å²) in [5, 5.41) is -1.36. The summed E-state index contributed by atoms with van der Waals surface area (Å²) in [4.78, 5) is 21.7. The molecule has 2 nitrogen and oxygen atoms in total. The molecular formula is C8H3Cl2IO2. The molecule has 0 spiro atoms. The summed E-state index contributed by atoms with van der Waals surface area (Å²) < 4.78 is 0.822. The predicted octanol–water partition coefficient (Wildman–Crippen LogP) is 3.05. The Bertz CT molecular complexity index is 376. The number of carbonyl (C=O) groups is 2. The van der Waals surface area contributed by atoms with Crippen molar-refractivity contribution in [3.63, 3.8) is 0 Å². The zero-order valence-electron chi connectivity index (χ0n) is 6.18. The zero-order chi connectivity index (χ0) is 10.0. The van der Waals surface area contributed by atoms with Crippen molar-refractivity contribution >= 4 is 56.3 Å². The van der Waals surface area contributed by atoms with Crippen LogP contribution in [0.5, 0.6) is 0 Å². The molecule has 1 aromatic carbocycles. The van der Waals surface area contributed by atoms with E-state index in [2.05, 4.69) is 0 Å². The summed E-state index contributed by atoms with van der Waals surface area (Å²) in [6.45, 7) is 0. The normalized spacial score (nSPS) is 9.77. The fraction of sp³-hybridized carbons (Fsp3) is 0. The molecule has 0 aliphatic rings. The highest BCUT2D eigenvalue weighted by molar-refractivity contribution is 14.1. The Morgan fingerprint density at radius 3 is 2.08 bits per heavy atom. The molecule has 0 saturated heterocycles. The standard InChI is InChI=1S/C8H3Cl2IO2/c9-7(12)5-2-1-4(11)3-6(5)8(10)13/h1-3H. The van der Waals surface area contributed by atoms with Gasteiger partial charge >= 0.3 is 0 Å². The van der Waals surface area contributed by atoms with Crippen LogP contribution in [0.2, 0.25) is 0 Å². The Hall–Kier alpha value is -0.130. The van der Waals surface area contributed by atoms with Crippen LogP contribution in [0.15, 0.2) is 18.2 Å². The molecule has 0 heterocycles. The van der Waals surface area contributed by atoms with E-state index in [0.29, 0.717) is 0 Å². The van der Waals surface area contributed by atoms with Crippen LogP contribution in [0, 0.1) is 3.57 Å². The lowest BCUT2D eigenvalue weighted by Gasteiger charge is -2.00. The van der Waals surface area contributed by atoms with Crippen molar-refractivity contribution in [1.82, 2.24) is 0 Å². The second-order valence-electron chi connectivity index (χ2n) is 2.24. The van der Waals surface area contributed by atoms with E-state index in [4.69, 9.17) is 23.2 Å². The number of carbonyl (C=O) groups excluding carboxylic acids is 2. The van der Waals surface area contributed by atoms with Crippen LogP contribution in [-0.2, 0) is 0 Å². The zero-order valence-corrected chi connectivity index (χ0v) is 9.85. The molecule has 0 unspecified atom stereocenters. The van der Waals surface area contributed by atoms with Crippen LogP contribution in [0.4, 0.5) is 0 Å². The van der Waals surface area contributed by atoms with E-state index in [9.17, 15) is 9.59 Å². The van der Waals surface area contributed by atoms with Gasteiger partial charge in [-0.2, -0.15) is 0 Å². The molecular weight excluding hydrogens is 326 g/mol. The SMILES string of the molecule is O=C(Cl)c1ccc(I)cc1C(=O)Cl. The van der Waals surface area contributed by atoms with Crippen molar-refractivity contribution in [1.29, 1.82) is 0 Å². The summed E-state index contributed by atoms with van der Waals surface area (Å²) in [5.74, 6) is 0. The fourth-order valence-corrected chi connectivity index (χ4v) is 1.66. The summed E-state index contributed by atoms with van der Waals surface area (Å²) in [6.07, 6.45) is 0. The highest BCUT2D eigenvalue weighted by Gasteiger charge is 2.13. The van der Waals surface area contributed by atoms with Gasteiger partial charge in [0.25, 0.3) is 10.5 Å². The van der Waals surface area contributed by atoms with E-state index in [1.165, 1.54) is 12.1 Å². The first kappa shape index (κ1) is 10.9. The Balaban J connectivity index is 3.35. The fourth-order valence-electron chi connectivity index (χ4n) is 0.850. The molecule has 5 heteroatoms. The molecule has 0 bridgehead atoms. The van der Waals surface area contributed by atoms with Crippen molar-refractivity contribution in [3.8, 4) is 0 Å². The molecule has 68 valence electrons. The van der Waals surface area contributed by atoms with Gasteiger partial charge in [-0.25, -0.2) is 0 Å². The van der Waals surface area contributed by atoms with Crippen molar-refractivity contribution < 1.29 is 9.59 Å². The van der Waals surface area contributed by atoms with Crippen molar-refractivity contribution in [3.05, 3.63) is 32.9 Å². The van der Waals surface area contributed by atoms with Gasteiger partial charge in [0.05, 0.1) is 0 Å². The number of halogens is 3. The van der Waals surface area contributed by atoms with Gasteiger partial charge in [-0.1, -0.05) is 0 Å². The van der Waals surface area contributed by atoms with Gasteiger partial charge in [0.15, 0.2) is 0 Å². The third-order valence-electron chi connectivity index (χ3n) is 1.41. The minimum atomic E-state index is -0.680. The maximum Gasteiger partial charge on any atom is 0.253 e. The van der Waals surface area contributed by atoms with E-state index in [-0.39, 0.29) is 11.1 Å². The first-order chi connectivity index (χ1) is 6.02. The summed E-state index contributed by atoms with van der Waals surface area (Å²) in [6, 6.07) is 4.68. The average Bonchev–Trinajstić information content (AvgIpc) is 2.03. The minimum Gasteiger partial charge on any atom is -0.276 e. The van der Waals surface area contributed by atoms with Crippen molar-refractivity contribution in [2.24, 2.45) is 0 Å². The quantitative estimate of drug-likeness (QED) is 0.617. The monoisotopic (exact) mass is 328 g/mol. The molecule has 0 aliphatic heterocycles. The Morgan fingerprint density at radius 2 is 1.62 bits per heavy atom. The summed E-state index contributed by atoms with van der Waals surface area (Å²) in [7, 11) is 0. The van der Waals surface area contributed by atoms with Gasteiger partial charge in [0, 0.05) is 14.7 Å². The van der Waals surface area contributed by atoms with Gasteiger partial charge in [-0.3, -0.25) is 9.59 Å². The summed E-state index contributed by atoms with van der Waals surface area (Å²) >= 11 is 12.5. The van der Waals surface area contributed by atoms with E-state index < -0.39 is 10.5 Å². The van der Waals surface area contributed by atoms with Crippen molar-refractivity contribution in [2.75, 3.05) is 0 Å². The van der Waals surface area contributed by atoms with Gasteiger partial charge in [0.1, 0.15) is 0 Å². The molecule has 0 N–H and O–H groups in total. The maximum absolute atomic E-state index is 10.9. The molecule has 0 amide bonds. The molecule has 0 saturated carbocycles. The Labute approximate surface area is 98.4 Å². The maximum atomic E-state index is 10.9. The third-order valence-corrected chi connectivity index (χ3v) is 2.48. The molecule has 0 aliphatic carbocycles. The van der Waals surface area contributed by atoms with Crippen LogP contribution in [-0.4, -0.2) is 10.5 Å². The number of hydrogen-bond acceptors (Lipinski definition) is 2. The molecule has 0 radical (unpaired) electrons. The summed E-state index contributed by atoms with van der Waals surface area (Å²) in [5.41, 5.74) is 0.288. The third kappa shape index (κ3) is 2.65. The second-order valence-corrected chi connectivity index (χ2v) is 4.17. The highest BCUT2D eigenvalue weighted by Crippen LogP contribution is 2.17. The molecule has 0 aromatic heterocycles. The van der Waals surface area contributed by atoms with E-state index >= 15 is 0 Å². The number of hydrogen-bond donors (Lipinski definition) is 0. The van der Waals surface area contributed by atoms with Crippen LogP contribution in [0.25, 0.3) is 0 Å². The van der Waals surface area contributed by atoms with Crippen LogP contribution in [0.1, 0.15) is 20.7 Å². The second kappa shape index (κ2) is 4.39. The van der Waals surface area contributed by atoms with Gasteiger partial charge < -0.3 is 0 Å². The van der Waals surface area contributed by atoms with E-state index in [1.807, 2.05) is 22.6 Å². The largest absolute Gasteiger partial charge is 0.276 e. The van der Waals surface area contributed by atoms with Crippen molar-refractivity contribution in [2.45, 2.75) is 0 Å². The topological polar surface area (TPSA) is 34.1 Å². The molecule has 1 aromatic rings. The van der Waals surface area contributed by atoms with E-state index in [1.54, 1.807) is 6.07 Å². The van der Waals surface area contributed by atoms with Gasteiger partial charge in [-0.05, 0) is 64.0 Å². The number of rotatable bonds is 2. The smallest absolute Gasteiger partial charge is 0.253 e. The van der Waals surface area contributed by atoms with Crippen LogP contribution >= 0.6 is 45.8 Å². The lowest BCUT2D eigenvalue weighted by molar-refractivity contribution is 0.105. The minimum absolute atomic E-state index is 0.141. The Morgan fingerprint density at radius 1 is 1.08 bits per heavy atom. The van der Waals surface area contributed by atoms with Crippen LogP contribution < -0.4 is 0 Å².